The number of anilines is 2. The molecular formula is C17H25N3O. The van der Waals surface area contributed by atoms with Crippen LogP contribution in [0, 0.1) is 12.8 Å². The number of rotatable bonds is 4. The number of nitrogens with zero attached hydrogens (tertiary/aromatic N) is 2. The Hall–Kier alpha value is -1.55. The van der Waals surface area contributed by atoms with Crippen LogP contribution in [0.3, 0.4) is 0 Å². The summed E-state index contributed by atoms with van der Waals surface area (Å²) in [5, 5.41) is 3.03. The van der Waals surface area contributed by atoms with E-state index >= 15 is 0 Å². The summed E-state index contributed by atoms with van der Waals surface area (Å²) < 4.78 is 0. The minimum Gasteiger partial charge on any atom is -0.369 e. The van der Waals surface area contributed by atoms with Gasteiger partial charge in [-0.1, -0.05) is 6.92 Å². The van der Waals surface area contributed by atoms with Gasteiger partial charge in [-0.25, -0.2) is 0 Å². The highest BCUT2D eigenvalue weighted by molar-refractivity contribution is 5.94. The molecule has 1 aromatic carbocycles. The van der Waals surface area contributed by atoms with Crippen LogP contribution in [-0.4, -0.2) is 43.5 Å². The summed E-state index contributed by atoms with van der Waals surface area (Å²) in [6.07, 6.45) is 2.09. The van der Waals surface area contributed by atoms with Crippen LogP contribution in [-0.2, 0) is 4.79 Å². The van der Waals surface area contributed by atoms with E-state index in [2.05, 4.69) is 41.1 Å². The third-order valence-corrected chi connectivity index (χ3v) is 4.57. The van der Waals surface area contributed by atoms with E-state index in [1.807, 2.05) is 6.07 Å². The quantitative estimate of drug-likeness (QED) is 0.924. The highest BCUT2D eigenvalue weighted by Crippen LogP contribution is 2.31. The Labute approximate surface area is 127 Å². The summed E-state index contributed by atoms with van der Waals surface area (Å²) in [5.74, 6) is 0.436. The van der Waals surface area contributed by atoms with E-state index in [-0.39, 0.29) is 11.8 Å². The van der Waals surface area contributed by atoms with Gasteiger partial charge in [0.05, 0.1) is 0 Å². The fourth-order valence-electron chi connectivity index (χ4n) is 2.98. The summed E-state index contributed by atoms with van der Waals surface area (Å²) in [6.45, 7) is 9.93. The van der Waals surface area contributed by atoms with Gasteiger partial charge in [0.2, 0.25) is 5.91 Å². The molecule has 1 aliphatic heterocycles. The number of benzene rings is 1. The number of carbonyl (C=O) groups excluding carboxylic acids is 1. The molecule has 1 amide bonds. The van der Waals surface area contributed by atoms with Crippen molar-refractivity contribution in [3.05, 3.63) is 23.8 Å². The molecule has 2 aliphatic rings. The maximum atomic E-state index is 11.8. The second kappa shape index (κ2) is 6.06. The van der Waals surface area contributed by atoms with Crippen molar-refractivity contribution in [2.45, 2.75) is 26.7 Å². The maximum absolute atomic E-state index is 11.8. The molecule has 4 heteroatoms. The Balaban J connectivity index is 1.65. The summed E-state index contributed by atoms with van der Waals surface area (Å²) in [7, 11) is 0. The van der Waals surface area contributed by atoms with Crippen molar-refractivity contribution < 1.29 is 4.79 Å². The van der Waals surface area contributed by atoms with E-state index in [1.54, 1.807) is 0 Å². The van der Waals surface area contributed by atoms with E-state index in [1.165, 1.54) is 11.3 Å². The number of piperazine rings is 1. The minimum atomic E-state index is 0.179. The van der Waals surface area contributed by atoms with Gasteiger partial charge in [-0.15, -0.1) is 0 Å². The van der Waals surface area contributed by atoms with Crippen LogP contribution in [0.2, 0.25) is 0 Å². The Morgan fingerprint density at radius 3 is 2.52 bits per heavy atom. The molecule has 0 spiro atoms. The Kier molecular flexibility index (Phi) is 4.15. The van der Waals surface area contributed by atoms with Gasteiger partial charge in [0.15, 0.2) is 0 Å². The molecule has 3 rings (SSSR count). The molecule has 0 bridgehead atoms. The number of carbonyl (C=O) groups is 1. The smallest absolute Gasteiger partial charge is 0.227 e. The molecular weight excluding hydrogens is 262 g/mol. The largest absolute Gasteiger partial charge is 0.369 e. The standard InChI is InChI=1S/C17H25N3O/c1-3-19-8-10-20(11-9-19)16-7-6-15(12-13(16)2)18-17(21)14-4-5-14/h6-7,12,14H,3-5,8-11H2,1-2H3,(H,18,21). The third kappa shape index (κ3) is 3.38. The van der Waals surface area contributed by atoms with Crippen LogP contribution in [0.25, 0.3) is 0 Å². The lowest BCUT2D eigenvalue weighted by Gasteiger charge is -2.36. The lowest BCUT2D eigenvalue weighted by molar-refractivity contribution is -0.117. The SMILES string of the molecule is CCN1CCN(c2ccc(NC(=O)C3CC3)cc2C)CC1. The van der Waals surface area contributed by atoms with E-state index in [0.717, 1.165) is 51.3 Å². The van der Waals surface area contributed by atoms with Crippen molar-refractivity contribution in [3.63, 3.8) is 0 Å². The maximum Gasteiger partial charge on any atom is 0.227 e. The van der Waals surface area contributed by atoms with Gasteiger partial charge in [-0.2, -0.15) is 0 Å². The number of amides is 1. The van der Waals surface area contributed by atoms with Crippen LogP contribution in [0.15, 0.2) is 18.2 Å². The first-order valence-electron chi connectivity index (χ1n) is 8.06. The Morgan fingerprint density at radius 1 is 1.24 bits per heavy atom. The normalized spacial score (nSPS) is 19.6. The molecule has 1 aliphatic carbocycles. The minimum absolute atomic E-state index is 0.179. The van der Waals surface area contributed by atoms with Crippen molar-refractivity contribution in [3.8, 4) is 0 Å². The second-order valence-electron chi connectivity index (χ2n) is 6.19. The monoisotopic (exact) mass is 287 g/mol. The summed E-state index contributed by atoms with van der Waals surface area (Å²) in [4.78, 5) is 16.7. The number of hydrogen-bond acceptors (Lipinski definition) is 3. The van der Waals surface area contributed by atoms with Crippen molar-refractivity contribution >= 4 is 17.3 Å². The number of nitrogens with one attached hydrogen (secondary N) is 1. The van der Waals surface area contributed by atoms with Gasteiger partial charge in [0.1, 0.15) is 0 Å². The topological polar surface area (TPSA) is 35.6 Å². The first-order chi connectivity index (χ1) is 10.2. The lowest BCUT2D eigenvalue weighted by Crippen LogP contribution is -2.46. The molecule has 0 aromatic heterocycles. The third-order valence-electron chi connectivity index (χ3n) is 4.57. The van der Waals surface area contributed by atoms with Gasteiger partial charge in [-0.3, -0.25) is 4.79 Å². The first-order valence-corrected chi connectivity index (χ1v) is 8.06. The molecule has 0 radical (unpaired) electrons. The van der Waals surface area contributed by atoms with Gasteiger partial charge in [0.25, 0.3) is 0 Å². The molecule has 2 fully saturated rings. The summed E-state index contributed by atoms with van der Waals surface area (Å²) in [5.41, 5.74) is 3.48. The van der Waals surface area contributed by atoms with E-state index < -0.39 is 0 Å². The zero-order valence-corrected chi connectivity index (χ0v) is 13.1. The van der Waals surface area contributed by atoms with Crippen molar-refractivity contribution in [1.82, 2.24) is 4.90 Å². The van der Waals surface area contributed by atoms with Crippen molar-refractivity contribution in [2.75, 3.05) is 42.9 Å². The Morgan fingerprint density at radius 2 is 1.95 bits per heavy atom. The molecule has 0 atom stereocenters. The van der Waals surface area contributed by atoms with Crippen LogP contribution in [0.5, 0.6) is 0 Å². The zero-order valence-electron chi connectivity index (χ0n) is 13.1. The molecule has 21 heavy (non-hydrogen) atoms. The highest BCUT2D eigenvalue weighted by atomic mass is 16.2. The van der Waals surface area contributed by atoms with Gasteiger partial charge >= 0.3 is 0 Å². The first kappa shape index (κ1) is 14.4. The van der Waals surface area contributed by atoms with Gasteiger partial charge in [-0.05, 0) is 50.1 Å². The fourth-order valence-corrected chi connectivity index (χ4v) is 2.98. The molecule has 1 saturated carbocycles. The Bertz CT molecular complexity index is 517. The summed E-state index contributed by atoms with van der Waals surface area (Å²) >= 11 is 0. The predicted molar refractivity (Wildman–Crippen MR) is 86.9 cm³/mol. The predicted octanol–water partition coefficient (Wildman–Crippen LogP) is 2.49. The molecule has 1 saturated heterocycles. The van der Waals surface area contributed by atoms with Crippen molar-refractivity contribution in [2.24, 2.45) is 5.92 Å². The molecule has 4 nitrogen and oxygen atoms in total. The molecule has 1 N–H and O–H groups in total. The van der Waals surface area contributed by atoms with Crippen molar-refractivity contribution in [1.29, 1.82) is 0 Å². The average Bonchev–Trinajstić information content (AvgIpc) is 3.32. The van der Waals surface area contributed by atoms with Crippen LogP contribution in [0.4, 0.5) is 11.4 Å². The van der Waals surface area contributed by atoms with Gasteiger partial charge < -0.3 is 15.1 Å². The van der Waals surface area contributed by atoms with E-state index in [9.17, 15) is 4.79 Å². The van der Waals surface area contributed by atoms with E-state index in [0.29, 0.717) is 0 Å². The van der Waals surface area contributed by atoms with Crippen LogP contribution in [0.1, 0.15) is 25.3 Å². The summed E-state index contributed by atoms with van der Waals surface area (Å²) in [6, 6.07) is 6.29. The number of likely N-dealkylation sites (N-methyl/N-ethyl adjacent to an activating group) is 1. The highest BCUT2D eigenvalue weighted by Gasteiger charge is 2.29. The molecule has 1 aromatic rings. The lowest BCUT2D eigenvalue weighted by atomic mass is 10.1. The molecule has 114 valence electrons. The van der Waals surface area contributed by atoms with Crippen LogP contribution < -0.4 is 10.2 Å². The average molecular weight is 287 g/mol. The fraction of sp³-hybridized carbons (Fsp3) is 0.588. The van der Waals surface area contributed by atoms with Crippen LogP contribution >= 0.6 is 0 Å². The van der Waals surface area contributed by atoms with Gasteiger partial charge in [0, 0.05) is 43.5 Å². The molecule has 0 unspecified atom stereocenters. The zero-order chi connectivity index (χ0) is 14.8. The number of hydrogen-bond donors (Lipinski definition) is 1. The molecule has 1 heterocycles. The number of aryl methyl sites for hydroxylation is 1. The second-order valence-corrected chi connectivity index (χ2v) is 6.19. The van der Waals surface area contributed by atoms with E-state index in [4.69, 9.17) is 0 Å².